The molecule has 0 spiro atoms. The third-order valence-electron chi connectivity index (χ3n) is 4.71. The average molecular weight is 399 g/mol. The van der Waals surface area contributed by atoms with Crippen molar-refractivity contribution in [3.8, 4) is 0 Å². The number of hydrogen-bond donors (Lipinski definition) is 2. The topological polar surface area (TPSA) is 105 Å². The first-order chi connectivity index (χ1) is 12.7. The molecule has 1 heterocycles. The molecular formula is C18H30N4O4S. The van der Waals surface area contributed by atoms with Crippen LogP contribution in [0.5, 0.6) is 0 Å². The first-order valence-electron chi connectivity index (χ1n) is 9.46. The zero-order chi connectivity index (χ0) is 20.0. The van der Waals surface area contributed by atoms with Crippen LogP contribution >= 0.6 is 0 Å². The Labute approximate surface area is 161 Å². The predicted molar refractivity (Wildman–Crippen MR) is 106 cm³/mol. The van der Waals surface area contributed by atoms with E-state index >= 15 is 0 Å². The standard InChI is InChI=1S/C18H30N4O4S/c1-14(2)20-27(25,26)16-5-6-17(18(13-16)22(23)24)19-9-4-10-21-11-7-15(3)8-12-21/h5-6,13-15,19-20H,4,7-12H2,1-3H3. The zero-order valence-electron chi connectivity index (χ0n) is 16.3. The third-order valence-corrected chi connectivity index (χ3v) is 6.37. The van der Waals surface area contributed by atoms with Crippen LogP contribution in [0.15, 0.2) is 23.1 Å². The number of nitro benzene ring substituents is 1. The Morgan fingerprint density at radius 3 is 2.56 bits per heavy atom. The largest absolute Gasteiger partial charge is 0.379 e. The normalized spacial score (nSPS) is 16.6. The van der Waals surface area contributed by atoms with Crippen molar-refractivity contribution in [1.82, 2.24) is 9.62 Å². The molecular weight excluding hydrogens is 368 g/mol. The van der Waals surface area contributed by atoms with Crippen molar-refractivity contribution in [2.45, 2.75) is 51.0 Å². The van der Waals surface area contributed by atoms with E-state index in [-0.39, 0.29) is 16.6 Å². The van der Waals surface area contributed by atoms with E-state index in [9.17, 15) is 18.5 Å². The van der Waals surface area contributed by atoms with Gasteiger partial charge in [0.2, 0.25) is 10.0 Å². The highest BCUT2D eigenvalue weighted by Crippen LogP contribution is 2.27. The highest BCUT2D eigenvalue weighted by Gasteiger charge is 2.22. The molecule has 1 aliphatic rings. The lowest BCUT2D eigenvalue weighted by Gasteiger charge is -2.30. The maximum absolute atomic E-state index is 12.2. The fraction of sp³-hybridized carbons (Fsp3) is 0.667. The smallest absolute Gasteiger partial charge is 0.293 e. The van der Waals surface area contributed by atoms with Crippen LogP contribution in [-0.4, -0.2) is 50.5 Å². The molecule has 1 aromatic rings. The Balaban J connectivity index is 1.97. The van der Waals surface area contributed by atoms with Gasteiger partial charge in [0.15, 0.2) is 0 Å². The molecule has 1 fully saturated rings. The lowest BCUT2D eigenvalue weighted by molar-refractivity contribution is -0.384. The molecule has 1 saturated heterocycles. The van der Waals surface area contributed by atoms with Gasteiger partial charge in [0.1, 0.15) is 5.69 Å². The van der Waals surface area contributed by atoms with Crippen LogP contribution in [0.3, 0.4) is 0 Å². The van der Waals surface area contributed by atoms with Crippen LogP contribution in [0.1, 0.15) is 40.0 Å². The molecule has 0 aliphatic carbocycles. The van der Waals surface area contributed by atoms with Crippen molar-refractivity contribution in [2.75, 3.05) is 31.5 Å². The summed E-state index contributed by atoms with van der Waals surface area (Å²) in [6.45, 7) is 9.45. The van der Waals surface area contributed by atoms with E-state index in [1.165, 1.54) is 25.0 Å². The maximum atomic E-state index is 12.2. The number of anilines is 1. The molecule has 9 heteroatoms. The molecule has 0 atom stereocenters. The monoisotopic (exact) mass is 398 g/mol. The molecule has 0 amide bonds. The molecule has 0 aromatic heterocycles. The number of nitro groups is 1. The predicted octanol–water partition coefficient (Wildman–Crippen LogP) is 2.82. The summed E-state index contributed by atoms with van der Waals surface area (Å²) in [5.41, 5.74) is 0.115. The van der Waals surface area contributed by atoms with Crippen LogP contribution in [0.4, 0.5) is 11.4 Å². The molecule has 2 rings (SSSR count). The van der Waals surface area contributed by atoms with Gasteiger partial charge in [-0.1, -0.05) is 6.92 Å². The Hall–Kier alpha value is -1.71. The highest BCUT2D eigenvalue weighted by atomic mass is 32.2. The Kier molecular flexibility index (Phi) is 7.58. The zero-order valence-corrected chi connectivity index (χ0v) is 17.1. The van der Waals surface area contributed by atoms with Gasteiger partial charge in [-0.05, 0) is 70.8 Å². The maximum Gasteiger partial charge on any atom is 0.293 e. The van der Waals surface area contributed by atoms with Gasteiger partial charge in [-0.25, -0.2) is 13.1 Å². The number of rotatable bonds is 9. The summed E-state index contributed by atoms with van der Waals surface area (Å²) in [6.07, 6.45) is 3.32. The molecule has 0 saturated carbocycles. The highest BCUT2D eigenvalue weighted by molar-refractivity contribution is 7.89. The van der Waals surface area contributed by atoms with Crippen molar-refractivity contribution >= 4 is 21.4 Å². The molecule has 27 heavy (non-hydrogen) atoms. The number of piperidine rings is 1. The van der Waals surface area contributed by atoms with E-state index in [0.717, 1.165) is 38.0 Å². The van der Waals surface area contributed by atoms with E-state index in [4.69, 9.17) is 0 Å². The SMILES string of the molecule is CC1CCN(CCCNc2ccc(S(=O)(=O)NC(C)C)cc2[N+](=O)[O-])CC1. The van der Waals surface area contributed by atoms with Crippen LogP contribution in [0, 0.1) is 16.0 Å². The van der Waals surface area contributed by atoms with Gasteiger partial charge in [0.05, 0.1) is 9.82 Å². The van der Waals surface area contributed by atoms with Crippen LogP contribution < -0.4 is 10.0 Å². The summed E-state index contributed by atoms with van der Waals surface area (Å²) in [4.78, 5) is 13.1. The molecule has 8 nitrogen and oxygen atoms in total. The molecule has 0 bridgehead atoms. The van der Waals surface area contributed by atoms with E-state index in [1.807, 2.05) is 0 Å². The van der Waals surface area contributed by atoms with E-state index in [0.29, 0.717) is 12.2 Å². The van der Waals surface area contributed by atoms with Gasteiger partial charge < -0.3 is 10.2 Å². The summed E-state index contributed by atoms with van der Waals surface area (Å²) in [5, 5.41) is 14.5. The van der Waals surface area contributed by atoms with Crippen LogP contribution in [0.2, 0.25) is 0 Å². The van der Waals surface area contributed by atoms with Gasteiger partial charge in [-0.3, -0.25) is 10.1 Å². The minimum absolute atomic E-state index is 0.101. The summed E-state index contributed by atoms with van der Waals surface area (Å²) in [5.74, 6) is 0.794. The Morgan fingerprint density at radius 2 is 1.96 bits per heavy atom. The first kappa shape index (κ1) is 21.6. The van der Waals surface area contributed by atoms with Gasteiger partial charge in [0, 0.05) is 18.7 Å². The van der Waals surface area contributed by atoms with Gasteiger partial charge in [-0.2, -0.15) is 0 Å². The Morgan fingerprint density at radius 1 is 1.30 bits per heavy atom. The molecule has 1 aromatic carbocycles. The van der Waals surface area contributed by atoms with Crippen LogP contribution in [-0.2, 0) is 10.0 Å². The quantitative estimate of drug-likeness (QED) is 0.376. The molecule has 152 valence electrons. The Bertz CT molecular complexity index is 744. The second-order valence-electron chi connectivity index (χ2n) is 7.52. The van der Waals surface area contributed by atoms with Crippen molar-refractivity contribution < 1.29 is 13.3 Å². The van der Waals surface area contributed by atoms with E-state index < -0.39 is 14.9 Å². The third kappa shape index (κ3) is 6.44. The van der Waals surface area contributed by atoms with Gasteiger partial charge in [-0.15, -0.1) is 0 Å². The number of nitrogens with zero attached hydrogens (tertiary/aromatic N) is 2. The van der Waals surface area contributed by atoms with E-state index in [2.05, 4.69) is 21.9 Å². The molecule has 0 radical (unpaired) electrons. The molecule has 1 aliphatic heterocycles. The number of benzene rings is 1. The van der Waals surface area contributed by atoms with Crippen molar-refractivity contribution in [1.29, 1.82) is 0 Å². The summed E-state index contributed by atoms with van der Waals surface area (Å²) in [6, 6.07) is 3.69. The number of hydrogen-bond acceptors (Lipinski definition) is 6. The van der Waals surface area contributed by atoms with Crippen molar-refractivity contribution in [3.63, 3.8) is 0 Å². The average Bonchev–Trinajstić information content (AvgIpc) is 2.59. The fourth-order valence-corrected chi connectivity index (χ4v) is 4.44. The van der Waals surface area contributed by atoms with Gasteiger partial charge in [0.25, 0.3) is 5.69 Å². The summed E-state index contributed by atoms with van der Waals surface area (Å²) in [7, 11) is -3.77. The van der Waals surface area contributed by atoms with E-state index in [1.54, 1.807) is 13.8 Å². The molecule has 0 unspecified atom stereocenters. The minimum Gasteiger partial charge on any atom is -0.379 e. The minimum atomic E-state index is -3.77. The number of sulfonamides is 1. The summed E-state index contributed by atoms with van der Waals surface area (Å²) < 4.78 is 26.9. The number of likely N-dealkylation sites (tertiary alicyclic amines) is 1. The number of nitrogens with one attached hydrogen (secondary N) is 2. The fourth-order valence-electron chi connectivity index (χ4n) is 3.17. The molecule has 2 N–H and O–H groups in total. The lowest BCUT2D eigenvalue weighted by atomic mass is 9.99. The van der Waals surface area contributed by atoms with Crippen LogP contribution in [0.25, 0.3) is 0 Å². The summed E-state index contributed by atoms with van der Waals surface area (Å²) >= 11 is 0. The van der Waals surface area contributed by atoms with Gasteiger partial charge >= 0.3 is 0 Å². The van der Waals surface area contributed by atoms with Crippen molar-refractivity contribution in [2.24, 2.45) is 5.92 Å². The first-order valence-corrected chi connectivity index (χ1v) is 10.9. The second kappa shape index (κ2) is 9.48. The van der Waals surface area contributed by atoms with Crippen molar-refractivity contribution in [3.05, 3.63) is 28.3 Å². The lowest BCUT2D eigenvalue weighted by Crippen LogP contribution is -2.34. The second-order valence-corrected chi connectivity index (χ2v) is 9.23.